The fourth-order valence-corrected chi connectivity index (χ4v) is 9.50. The Kier molecular flexibility index (Phi) is 11.2. The van der Waals surface area contributed by atoms with Gasteiger partial charge in [0.2, 0.25) is 0 Å². The van der Waals surface area contributed by atoms with Gasteiger partial charge in [-0.25, -0.2) is 0 Å². The maximum atomic E-state index is 15.6. The van der Waals surface area contributed by atoms with Gasteiger partial charge in [-0.15, -0.1) is 0 Å². The lowest BCUT2D eigenvalue weighted by Crippen LogP contribution is -2.12. The highest BCUT2D eigenvalue weighted by Crippen LogP contribution is 2.49. The van der Waals surface area contributed by atoms with Crippen LogP contribution in [0.25, 0.3) is 88.4 Å². The minimum atomic E-state index is -5.24. The third-order valence-electron chi connectivity index (χ3n) is 12.6. The average Bonchev–Trinajstić information content (AvgIpc) is 3.86. The number of fused-ring (bicyclic) bond motifs is 6. The van der Waals surface area contributed by atoms with Crippen molar-refractivity contribution in [1.29, 1.82) is 10.5 Å². The molecule has 74 heavy (non-hydrogen) atoms. The van der Waals surface area contributed by atoms with E-state index in [1.165, 1.54) is 81.9 Å². The third-order valence-corrected chi connectivity index (χ3v) is 12.6. The van der Waals surface area contributed by atoms with Crippen LogP contribution in [0.2, 0.25) is 0 Å². The number of benzene rings is 8. The van der Waals surface area contributed by atoms with E-state index in [9.17, 15) is 63.2 Å². The molecule has 0 atom stereocenters. The van der Waals surface area contributed by atoms with E-state index in [2.05, 4.69) is 0 Å². The summed E-state index contributed by atoms with van der Waals surface area (Å²) in [5.41, 5.74) is -11.6. The quantitative estimate of drug-likeness (QED) is 0.161. The maximum absolute atomic E-state index is 15.6. The smallest absolute Gasteiger partial charge is 0.308 e. The summed E-state index contributed by atoms with van der Waals surface area (Å²) in [5, 5.41) is 22.7. The molecule has 0 N–H and O–H groups in total. The molecule has 19 heteroatoms. The van der Waals surface area contributed by atoms with Gasteiger partial charge in [-0.3, -0.25) is 0 Å². The Morgan fingerprint density at radius 2 is 0.716 bits per heavy atom. The first-order valence-corrected chi connectivity index (χ1v) is 21.6. The fraction of sp³-hybridized carbons (Fsp3) is 0.0909. The van der Waals surface area contributed by atoms with Crippen molar-refractivity contribution in [2.45, 2.75) is 30.9 Å². The van der Waals surface area contributed by atoms with E-state index in [4.69, 9.17) is 0 Å². The van der Waals surface area contributed by atoms with E-state index < -0.39 is 86.5 Å². The van der Waals surface area contributed by atoms with E-state index in [-0.39, 0.29) is 73.0 Å². The molecular weight excluding hydrogens is 1000 g/mol. The van der Waals surface area contributed by atoms with Crippen LogP contribution in [0.4, 0.5) is 65.9 Å². The Morgan fingerprint density at radius 3 is 1.08 bits per heavy atom. The second kappa shape index (κ2) is 16.9. The van der Waals surface area contributed by atoms with E-state index in [1.54, 1.807) is 24.3 Å². The largest absolute Gasteiger partial charge is 0.417 e. The summed E-state index contributed by atoms with van der Waals surface area (Å²) >= 11 is 0. The summed E-state index contributed by atoms with van der Waals surface area (Å²) in [6.45, 7) is 0. The topological polar surface area (TPSA) is 57.4 Å². The summed E-state index contributed by atoms with van der Waals surface area (Å²) < 4.78 is 220. The van der Waals surface area contributed by atoms with E-state index in [0.717, 1.165) is 12.1 Å². The van der Waals surface area contributed by atoms with E-state index in [1.807, 2.05) is 12.1 Å². The summed E-state index contributed by atoms with van der Waals surface area (Å²) in [5.74, 6) is 0. The van der Waals surface area contributed by atoms with Gasteiger partial charge in [-0.1, -0.05) is 66.7 Å². The lowest BCUT2D eigenvalue weighted by Gasteiger charge is -2.24. The van der Waals surface area contributed by atoms with Crippen LogP contribution in [0.15, 0.2) is 152 Å². The van der Waals surface area contributed by atoms with Crippen molar-refractivity contribution in [2.24, 2.45) is 0 Å². The number of halogens is 15. The van der Waals surface area contributed by atoms with E-state index >= 15 is 13.2 Å². The first-order chi connectivity index (χ1) is 34.8. The van der Waals surface area contributed by atoms with Gasteiger partial charge < -0.3 is 9.13 Å². The third kappa shape index (κ3) is 8.37. The van der Waals surface area contributed by atoms with Crippen LogP contribution in [0.5, 0.6) is 0 Å². The standard InChI is InChI=1S/C55H25F15N4/c56-51(57,58)34-18-32(19-35(24-34)52(59,60)61)29-12-14-40-38-7-1-3-10-43(38)73(45(40)22-29)47-16-28(26-71)17-48(50(47)49-31(27-72)6-5-9-42(49)55(68,69)70)74-44-11-4-2-8-39(44)41-15-13-30(23-46(41)74)33-20-36(53(62,63)64)25-37(21-33)54(65,66)67/h1-25H. The number of aromatic nitrogens is 2. The Labute approximate surface area is 406 Å². The van der Waals surface area contributed by atoms with Crippen LogP contribution in [0, 0.1) is 22.7 Å². The minimum absolute atomic E-state index is 0.00511. The Hall–Kier alpha value is -8.71. The van der Waals surface area contributed by atoms with Crippen LogP contribution in [-0.4, -0.2) is 9.13 Å². The number of alkyl halides is 15. The van der Waals surface area contributed by atoms with Gasteiger partial charge in [-0.2, -0.15) is 76.4 Å². The number of rotatable bonds is 5. The zero-order valence-corrected chi connectivity index (χ0v) is 36.9. The molecule has 0 aliphatic carbocycles. The molecular formula is C55H25F15N4. The highest BCUT2D eigenvalue weighted by Gasteiger charge is 2.40. The van der Waals surface area contributed by atoms with Gasteiger partial charge in [-0.05, 0) is 107 Å². The Balaban J connectivity index is 1.38. The van der Waals surface area contributed by atoms with E-state index in [0.29, 0.717) is 41.1 Å². The Bertz CT molecular complexity index is 3760. The number of hydrogen-bond acceptors (Lipinski definition) is 2. The van der Waals surface area contributed by atoms with Gasteiger partial charge in [0.1, 0.15) is 0 Å². The molecule has 0 amide bonds. The predicted octanol–water partition coefficient (Wildman–Crippen LogP) is 17.7. The molecule has 0 fully saturated rings. The molecule has 8 aromatic carbocycles. The Morgan fingerprint density at radius 1 is 0.324 bits per heavy atom. The van der Waals surface area contributed by atoms with Crippen molar-refractivity contribution in [1.82, 2.24) is 9.13 Å². The second-order valence-corrected chi connectivity index (χ2v) is 17.1. The monoisotopic (exact) mass is 1030 g/mol. The average molecular weight is 1030 g/mol. The molecule has 0 saturated heterocycles. The van der Waals surface area contributed by atoms with Gasteiger partial charge >= 0.3 is 30.9 Å². The lowest BCUT2D eigenvalue weighted by atomic mass is 9.90. The molecule has 2 heterocycles. The minimum Gasteiger partial charge on any atom is -0.308 e. The zero-order chi connectivity index (χ0) is 53.0. The number of para-hydroxylation sites is 2. The van der Waals surface area contributed by atoms with Crippen LogP contribution in [0.3, 0.4) is 0 Å². The van der Waals surface area contributed by atoms with Crippen molar-refractivity contribution >= 4 is 43.6 Å². The highest BCUT2D eigenvalue weighted by atomic mass is 19.4. The number of nitrogens with zero attached hydrogens (tertiary/aromatic N) is 4. The first kappa shape index (κ1) is 48.9. The summed E-state index contributed by atoms with van der Waals surface area (Å²) in [4.78, 5) is 0. The van der Waals surface area contributed by atoms with Crippen LogP contribution in [0.1, 0.15) is 38.9 Å². The number of nitriles is 2. The highest BCUT2D eigenvalue weighted by molar-refractivity contribution is 6.13. The summed E-state index contributed by atoms with van der Waals surface area (Å²) in [6.07, 6.45) is -26.2. The van der Waals surface area contributed by atoms with Gasteiger partial charge in [0.15, 0.2) is 0 Å². The van der Waals surface area contributed by atoms with Crippen LogP contribution >= 0.6 is 0 Å². The number of hydrogen-bond donors (Lipinski definition) is 0. The molecule has 10 aromatic rings. The van der Waals surface area contributed by atoms with Crippen molar-refractivity contribution in [3.63, 3.8) is 0 Å². The lowest BCUT2D eigenvalue weighted by molar-refractivity contribution is -0.144. The van der Waals surface area contributed by atoms with Crippen molar-refractivity contribution in [3.8, 4) is 56.9 Å². The summed E-state index contributed by atoms with van der Waals surface area (Å²) in [6, 6.07) is 31.0. The molecule has 0 unspecified atom stereocenters. The second-order valence-electron chi connectivity index (χ2n) is 17.1. The molecule has 0 aliphatic heterocycles. The normalized spacial score (nSPS) is 12.8. The molecule has 2 aromatic heterocycles. The van der Waals surface area contributed by atoms with Gasteiger partial charge in [0, 0.05) is 32.7 Å². The summed E-state index contributed by atoms with van der Waals surface area (Å²) in [7, 11) is 0. The molecule has 0 aliphatic rings. The maximum Gasteiger partial charge on any atom is 0.417 e. The van der Waals surface area contributed by atoms with Gasteiger partial charge in [0.25, 0.3) is 0 Å². The molecule has 4 nitrogen and oxygen atoms in total. The first-order valence-electron chi connectivity index (χ1n) is 21.6. The van der Waals surface area contributed by atoms with Crippen molar-refractivity contribution in [3.05, 3.63) is 191 Å². The van der Waals surface area contributed by atoms with Gasteiger partial charge in [0.05, 0.1) is 84.5 Å². The molecule has 10 rings (SSSR count). The molecule has 0 saturated carbocycles. The predicted molar refractivity (Wildman–Crippen MR) is 246 cm³/mol. The zero-order valence-electron chi connectivity index (χ0n) is 36.9. The van der Waals surface area contributed by atoms with Crippen molar-refractivity contribution < 1.29 is 65.9 Å². The SMILES string of the molecule is N#Cc1cc(-n2c3ccccc3c3ccc(-c4cc(C(F)(F)F)cc(C(F)(F)F)c4)cc32)c(-c2c(C#N)cccc2C(F)(F)F)c(-n2c3ccccc3c3ccc(-c4cc(C(F)(F)F)cc(C(F)(F)F)c4)cc32)c1. The fourth-order valence-electron chi connectivity index (χ4n) is 9.50. The molecule has 0 radical (unpaired) electrons. The van der Waals surface area contributed by atoms with Crippen LogP contribution in [-0.2, 0) is 30.9 Å². The molecule has 0 bridgehead atoms. The van der Waals surface area contributed by atoms with Crippen LogP contribution < -0.4 is 0 Å². The molecule has 370 valence electrons. The van der Waals surface area contributed by atoms with Crippen molar-refractivity contribution in [2.75, 3.05) is 0 Å². The molecule has 0 spiro atoms.